The summed E-state index contributed by atoms with van der Waals surface area (Å²) >= 11 is 0. The molecule has 0 saturated heterocycles. The quantitative estimate of drug-likeness (QED) is 0.877. The van der Waals surface area contributed by atoms with Gasteiger partial charge in [0.25, 0.3) is 0 Å². The largest absolute Gasteiger partial charge is 0.331 e. The fourth-order valence-electron chi connectivity index (χ4n) is 2.27. The lowest BCUT2D eigenvalue weighted by Crippen LogP contribution is -2.26. The van der Waals surface area contributed by atoms with Gasteiger partial charge in [0, 0.05) is 12.6 Å². The van der Waals surface area contributed by atoms with Crippen LogP contribution < -0.4 is 5.32 Å². The highest BCUT2D eigenvalue weighted by Crippen LogP contribution is 2.18. The van der Waals surface area contributed by atoms with Crippen molar-refractivity contribution in [2.75, 3.05) is 6.54 Å². The summed E-state index contributed by atoms with van der Waals surface area (Å²) in [6, 6.07) is 4.98. The average molecular weight is 245 g/mol. The number of fused-ring (bicyclic) bond motifs is 1. The first-order chi connectivity index (χ1) is 8.61. The molecular formula is C15H23N3. The van der Waals surface area contributed by atoms with Crippen LogP contribution in [0.2, 0.25) is 0 Å². The number of hydrogen-bond donors (Lipinski definition) is 1. The molecule has 0 amide bonds. The van der Waals surface area contributed by atoms with Crippen molar-refractivity contribution in [3.63, 3.8) is 0 Å². The topological polar surface area (TPSA) is 29.9 Å². The number of nitrogens with zero attached hydrogens (tertiary/aromatic N) is 2. The Labute approximate surface area is 109 Å². The smallest absolute Gasteiger partial charge is 0.0958 e. The van der Waals surface area contributed by atoms with E-state index in [1.54, 1.807) is 0 Å². The van der Waals surface area contributed by atoms with Crippen LogP contribution in [0.25, 0.3) is 11.0 Å². The lowest BCUT2D eigenvalue weighted by molar-refractivity contribution is 0.492. The second-order valence-electron chi connectivity index (χ2n) is 5.11. The van der Waals surface area contributed by atoms with Crippen LogP contribution in [0.5, 0.6) is 0 Å². The number of nitrogens with one attached hydrogen (secondary N) is 1. The molecule has 1 aromatic carbocycles. The van der Waals surface area contributed by atoms with Crippen molar-refractivity contribution in [1.29, 1.82) is 0 Å². The zero-order chi connectivity index (χ0) is 13.1. The molecular weight excluding hydrogens is 222 g/mol. The highest BCUT2D eigenvalue weighted by molar-refractivity contribution is 5.77. The first kappa shape index (κ1) is 13.1. The van der Waals surface area contributed by atoms with Gasteiger partial charge in [-0.2, -0.15) is 0 Å². The monoisotopic (exact) mass is 245 g/mol. The predicted molar refractivity (Wildman–Crippen MR) is 77.0 cm³/mol. The third-order valence-corrected chi connectivity index (χ3v) is 3.59. The summed E-state index contributed by atoms with van der Waals surface area (Å²) in [5.74, 6) is 0. The molecule has 0 aliphatic heterocycles. The van der Waals surface area contributed by atoms with Crippen LogP contribution in [-0.4, -0.2) is 22.1 Å². The fraction of sp³-hybridized carbons (Fsp3) is 0.533. The van der Waals surface area contributed by atoms with Crippen LogP contribution in [-0.2, 0) is 6.54 Å². The lowest BCUT2D eigenvalue weighted by atomic mass is 10.1. The fourth-order valence-corrected chi connectivity index (χ4v) is 2.27. The Bertz CT molecular complexity index is 528. The molecule has 0 spiro atoms. The minimum absolute atomic E-state index is 0.555. The number of benzene rings is 1. The maximum atomic E-state index is 4.49. The second kappa shape index (κ2) is 5.53. The van der Waals surface area contributed by atoms with Gasteiger partial charge < -0.3 is 9.88 Å². The Hall–Kier alpha value is -1.35. The normalized spacial score (nSPS) is 13.1. The third kappa shape index (κ3) is 2.72. The minimum atomic E-state index is 0.555. The van der Waals surface area contributed by atoms with Crippen LogP contribution in [0.15, 0.2) is 18.5 Å². The first-order valence-corrected chi connectivity index (χ1v) is 6.77. The summed E-state index contributed by atoms with van der Waals surface area (Å²) in [5, 5.41) is 3.44. The molecule has 0 bridgehead atoms. The van der Waals surface area contributed by atoms with E-state index in [0.29, 0.717) is 6.04 Å². The Morgan fingerprint density at radius 2 is 2.00 bits per heavy atom. The molecule has 0 fully saturated rings. The molecule has 2 aromatic rings. The van der Waals surface area contributed by atoms with Gasteiger partial charge in [-0.05, 0) is 57.0 Å². The van der Waals surface area contributed by atoms with Crippen molar-refractivity contribution in [3.05, 3.63) is 29.6 Å². The minimum Gasteiger partial charge on any atom is -0.331 e. The van der Waals surface area contributed by atoms with E-state index in [1.807, 2.05) is 6.33 Å². The molecule has 3 heteroatoms. The zero-order valence-electron chi connectivity index (χ0n) is 11.8. The van der Waals surface area contributed by atoms with Gasteiger partial charge in [0.15, 0.2) is 0 Å². The molecule has 1 unspecified atom stereocenters. The molecule has 98 valence electrons. The van der Waals surface area contributed by atoms with E-state index in [1.165, 1.54) is 16.6 Å². The molecule has 0 aliphatic carbocycles. The molecule has 3 nitrogen and oxygen atoms in total. The highest BCUT2D eigenvalue weighted by Gasteiger charge is 2.06. The van der Waals surface area contributed by atoms with Gasteiger partial charge in [-0.15, -0.1) is 0 Å². The molecule has 1 heterocycles. The lowest BCUT2D eigenvalue weighted by Gasteiger charge is -2.13. The molecule has 1 N–H and O–H groups in total. The molecule has 0 aliphatic rings. The van der Waals surface area contributed by atoms with Crippen molar-refractivity contribution in [2.24, 2.45) is 0 Å². The van der Waals surface area contributed by atoms with Crippen molar-refractivity contribution in [1.82, 2.24) is 14.9 Å². The van der Waals surface area contributed by atoms with Crippen molar-refractivity contribution < 1.29 is 0 Å². The van der Waals surface area contributed by atoms with E-state index in [-0.39, 0.29) is 0 Å². The summed E-state index contributed by atoms with van der Waals surface area (Å²) < 4.78 is 2.26. The van der Waals surface area contributed by atoms with Gasteiger partial charge in [-0.3, -0.25) is 0 Å². The SMILES string of the molecule is CCNC(C)CCn1cnc2cc(C)c(C)cc21. The summed E-state index contributed by atoms with van der Waals surface area (Å²) in [5.41, 5.74) is 5.01. The third-order valence-electron chi connectivity index (χ3n) is 3.59. The predicted octanol–water partition coefficient (Wildman–Crippen LogP) is 3.04. The van der Waals surface area contributed by atoms with Crippen LogP contribution in [0.3, 0.4) is 0 Å². The van der Waals surface area contributed by atoms with Crippen LogP contribution in [0.1, 0.15) is 31.4 Å². The Morgan fingerprint density at radius 1 is 1.28 bits per heavy atom. The van der Waals surface area contributed by atoms with Crippen LogP contribution in [0, 0.1) is 13.8 Å². The number of imidazole rings is 1. The van der Waals surface area contributed by atoms with Crippen molar-refractivity contribution >= 4 is 11.0 Å². The second-order valence-corrected chi connectivity index (χ2v) is 5.11. The van der Waals surface area contributed by atoms with Gasteiger partial charge in [-0.1, -0.05) is 6.92 Å². The first-order valence-electron chi connectivity index (χ1n) is 6.77. The number of aryl methyl sites for hydroxylation is 3. The molecule has 1 atom stereocenters. The number of rotatable bonds is 5. The Morgan fingerprint density at radius 3 is 2.72 bits per heavy atom. The van der Waals surface area contributed by atoms with Crippen molar-refractivity contribution in [3.8, 4) is 0 Å². The van der Waals surface area contributed by atoms with Gasteiger partial charge >= 0.3 is 0 Å². The van der Waals surface area contributed by atoms with Gasteiger partial charge in [-0.25, -0.2) is 4.98 Å². The van der Waals surface area contributed by atoms with E-state index in [4.69, 9.17) is 0 Å². The summed E-state index contributed by atoms with van der Waals surface area (Å²) in [6.45, 7) is 10.7. The highest BCUT2D eigenvalue weighted by atomic mass is 15.0. The number of hydrogen-bond acceptors (Lipinski definition) is 2. The number of aromatic nitrogens is 2. The standard InChI is InChI=1S/C15H23N3/c1-5-16-13(4)6-7-18-10-17-14-8-11(2)12(3)9-15(14)18/h8-10,13,16H,5-7H2,1-4H3. The van der Waals surface area contributed by atoms with Crippen LogP contribution >= 0.6 is 0 Å². The molecule has 0 radical (unpaired) electrons. The summed E-state index contributed by atoms with van der Waals surface area (Å²) in [6.07, 6.45) is 3.09. The van der Waals surface area contributed by atoms with Crippen molar-refractivity contribution in [2.45, 2.75) is 46.7 Å². The van der Waals surface area contributed by atoms with E-state index in [9.17, 15) is 0 Å². The summed E-state index contributed by atoms with van der Waals surface area (Å²) in [7, 11) is 0. The van der Waals surface area contributed by atoms with E-state index in [0.717, 1.165) is 25.0 Å². The molecule has 0 saturated carbocycles. The maximum absolute atomic E-state index is 4.49. The van der Waals surface area contributed by atoms with Crippen LogP contribution in [0.4, 0.5) is 0 Å². The van der Waals surface area contributed by atoms with Gasteiger partial charge in [0.2, 0.25) is 0 Å². The Kier molecular flexibility index (Phi) is 4.02. The Balaban J connectivity index is 2.16. The van der Waals surface area contributed by atoms with E-state index >= 15 is 0 Å². The molecule has 1 aromatic heterocycles. The summed E-state index contributed by atoms with van der Waals surface area (Å²) in [4.78, 5) is 4.49. The van der Waals surface area contributed by atoms with E-state index < -0.39 is 0 Å². The van der Waals surface area contributed by atoms with Gasteiger partial charge in [0.1, 0.15) is 0 Å². The van der Waals surface area contributed by atoms with E-state index in [2.05, 4.69) is 54.7 Å². The maximum Gasteiger partial charge on any atom is 0.0958 e. The van der Waals surface area contributed by atoms with Gasteiger partial charge in [0.05, 0.1) is 17.4 Å². The molecule has 2 rings (SSSR count). The zero-order valence-corrected chi connectivity index (χ0v) is 11.8. The average Bonchev–Trinajstić information content (AvgIpc) is 2.70. The molecule has 18 heavy (non-hydrogen) atoms.